The number of carbonyl (C=O) groups is 1. The summed E-state index contributed by atoms with van der Waals surface area (Å²) in [7, 11) is -3.13. The number of ether oxygens (including phenoxy) is 1. The first-order chi connectivity index (χ1) is 13.7. The van der Waals surface area contributed by atoms with E-state index in [2.05, 4.69) is 24.3 Å². The summed E-state index contributed by atoms with van der Waals surface area (Å²) in [5.74, 6) is 0.593. The fraction of sp³-hybridized carbons (Fsp3) is 0.591. The summed E-state index contributed by atoms with van der Waals surface area (Å²) in [5.41, 5.74) is 3.50. The van der Waals surface area contributed by atoms with Crippen LogP contribution in [-0.2, 0) is 27.7 Å². The van der Waals surface area contributed by atoms with Gasteiger partial charge in [-0.25, -0.2) is 13.2 Å². The van der Waals surface area contributed by atoms with Crippen molar-refractivity contribution in [1.29, 1.82) is 0 Å². The van der Waals surface area contributed by atoms with Crippen LogP contribution < -0.4 is 0 Å². The second-order valence-electron chi connectivity index (χ2n) is 8.38. The topological polar surface area (TPSA) is 66.9 Å². The summed E-state index contributed by atoms with van der Waals surface area (Å²) in [5, 5.41) is 0. The molecule has 1 aromatic carbocycles. The van der Waals surface area contributed by atoms with E-state index < -0.39 is 10.0 Å². The predicted molar refractivity (Wildman–Crippen MR) is 115 cm³/mol. The van der Waals surface area contributed by atoms with Gasteiger partial charge in [-0.15, -0.1) is 0 Å². The molecule has 1 saturated heterocycles. The molecule has 29 heavy (non-hydrogen) atoms. The van der Waals surface area contributed by atoms with E-state index in [-0.39, 0.29) is 12.2 Å². The van der Waals surface area contributed by atoms with Crippen LogP contribution in [0.5, 0.6) is 0 Å². The zero-order chi connectivity index (χ0) is 21.0. The zero-order valence-electron chi connectivity index (χ0n) is 17.6. The number of nitrogens with zero attached hydrogens (tertiary/aromatic N) is 2. The Labute approximate surface area is 174 Å². The van der Waals surface area contributed by atoms with Crippen LogP contribution in [0.3, 0.4) is 0 Å². The third-order valence-corrected chi connectivity index (χ3v) is 6.92. The fourth-order valence-corrected chi connectivity index (χ4v) is 4.75. The highest BCUT2D eigenvalue weighted by molar-refractivity contribution is 7.88. The van der Waals surface area contributed by atoms with Crippen LogP contribution in [0.15, 0.2) is 24.3 Å². The molecule has 2 aliphatic rings. The standard InChI is InChI=1S/C22H32N2O4S/c1-17(2)28-22(25)23-12-9-18(10-13-23)5-4-6-19-7-8-21-16-24(29(3,26)27)14-11-20(21)15-19/h4,6-8,15,17-18H,5,9-14,16H2,1-3H3/b6-4+. The second kappa shape index (κ2) is 9.30. The first-order valence-electron chi connectivity index (χ1n) is 10.4. The molecule has 0 atom stereocenters. The molecule has 0 saturated carbocycles. The van der Waals surface area contributed by atoms with Gasteiger partial charge in [0.1, 0.15) is 0 Å². The van der Waals surface area contributed by atoms with Crippen LogP contribution in [-0.4, -0.2) is 55.7 Å². The van der Waals surface area contributed by atoms with E-state index in [4.69, 9.17) is 4.74 Å². The SMILES string of the molecule is CC(C)OC(=O)N1CCC(C/C=C/c2ccc3c(c2)CCN(S(C)(=O)=O)C3)CC1. The van der Waals surface area contributed by atoms with Crippen molar-refractivity contribution in [1.82, 2.24) is 9.21 Å². The molecule has 0 aliphatic carbocycles. The maximum Gasteiger partial charge on any atom is 0.410 e. The van der Waals surface area contributed by atoms with E-state index in [1.807, 2.05) is 24.8 Å². The molecule has 0 unspecified atom stereocenters. The molecule has 0 radical (unpaired) electrons. The van der Waals surface area contributed by atoms with Gasteiger partial charge in [-0.3, -0.25) is 0 Å². The number of benzene rings is 1. The number of likely N-dealkylation sites (tertiary alicyclic amines) is 1. The Hall–Kier alpha value is -1.86. The number of hydrogen-bond acceptors (Lipinski definition) is 4. The second-order valence-corrected chi connectivity index (χ2v) is 10.4. The number of piperidine rings is 1. The summed E-state index contributed by atoms with van der Waals surface area (Å²) < 4.78 is 30.3. The van der Waals surface area contributed by atoms with Gasteiger partial charge >= 0.3 is 6.09 Å². The maximum absolute atomic E-state index is 12.0. The molecule has 2 aliphatic heterocycles. The lowest BCUT2D eigenvalue weighted by Crippen LogP contribution is -2.39. The smallest absolute Gasteiger partial charge is 0.410 e. The first-order valence-corrected chi connectivity index (χ1v) is 12.3. The molecule has 0 bridgehead atoms. The molecule has 7 heteroatoms. The van der Waals surface area contributed by atoms with Crippen molar-refractivity contribution in [3.63, 3.8) is 0 Å². The predicted octanol–water partition coefficient (Wildman–Crippen LogP) is 3.66. The molecular weight excluding hydrogens is 388 g/mol. The van der Waals surface area contributed by atoms with Gasteiger partial charge < -0.3 is 9.64 Å². The van der Waals surface area contributed by atoms with Gasteiger partial charge in [0.15, 0.2) is 0 Å². The maximum atomic E-state index is 12.0. The average Bonchev–Trinajstić information content (AvgIpc) is 2.67. The third-order valence-electron chi connectivity index (χ3n) is 5.67. The van der Waals surface area contributed by atoms with E-state index in [9.17, 15) is 13.2 Å². The summed E-state index contributed by atoms with van der Waals surface area (Å²) in [6, 6.07) is 6.28. The Kier molecular flexibility index (Phi) is 7.01. The van der Waals surface area contributed by atoms with Crippen molar-refractivity contribution in [3.05, 3.63) is 41.0 Å². The van der Waals surface area contributed by atoms with Crippen molar-refractivity contribution in [3.8, 4) is 0 Å². The minimum Gasteiger partial charge on any atom is -0.447 e. The fourth-order valence-electron chi connectivity index (χ4n) is 3.96. The van der Waals surface area contributed by atoms with E-state index in [0.717, 1.165) is 49.9 Å². The summed E-state index contributed by atoms with van der Waals surface area (Å²) in [6.07, 6.45) is 9.15. The Morgan fingerprint density at radius 1 is 1.21 bits per heavy atom. The van der Waals surface area contributed by atoms with Gasteiger partial charge in [-0.05, 0) is 62.1 Å². The Morgan fingerprint density at radius 3 is 2.59 bits per heavy atom. The molecule has 0 aromatic heterocycles. The number of amides is 1. The van der Waals surface area contributed by atoms with E-state index in [1.54, 1.807) is 0 Å². The number of sulfonamides is 1. The van der Waals surface area contributed by atoms with Crippen LogP contribution in [0.25, 0.3) is 6.08 Å². The molecule has 160 valence electrons. The zero-order valence-corrected chi connectivity index (χ0v) is 18.5. The molecule has 2 heterocycles. The highest BCUT2D eigenvalue weighted by Gasteiger charge is 2.24. The molecule has 1 fully saturated rings. The van der Waals surface area contributed by atoms with E-state index in [1.165, 1.54) is 16.1 Å². The number of hydrogen-bond donors (Lipinski definition) is 0. The lowest BCUT2D eigenvalue weighted by molar-refractivity contribution is 0.0656. The van der Waals surface area contributed by atoms with E-state index in [0.29, 0.717) is 19.0 Å². The Morgan fingerprint density at radius 2 is 1.93 bits per heavy atom. The van der Waals surface area contributed by atoms with Crippen molar-refractivity contribution in [2.24, 2.45) is 5.92 Å². The van der Waals surface area contributed by atoms with Crippen LogP contribution in [0.1, 0.15) is 49.8 Å². The van der Waals surface area contributed by atoms with Crippen LogP contribution in [0.2, 0.25) is 0 Å². The first kappa shape index (κ1) is 21.8. The molecule has 1 aromatic rings. The highest BCUT2D eigenvalue weighted by atomic mass is 32.2. The van der Waals surface area contributed by atoms with Crippen LogP contribution in [0.4, 0.5) is 4.79 Å². The largest absolute Gasteiger partial charge is 0.447 e. The summed E-state index contributed by atoms with van der Waals surface area (Å²) >= 11 is 0. The lowest BCUT2D eigenvalue weighted by Gasteiger charge is -2.31. The summed E-state index contributed by atoms with van der Waals surface area (Å²) in [4.78, 5) is 13.8. The minimum atomic E-state index is -3.13. The van der Waals surface area contributed by atoms with Crippen molar-refractivity contribution in [2.75, 3.05) is 25.9 Å². The van der Waals surface area contributed by atoms with E-state index >= 15 is 0 Å². The van der Waals surface area contributed by atoms with Crippen LogP contribution in [0, 0.1) is 5.92 Å². The number of rotatable bonds is 5. The normalized spacial score (nSPS) is 19.0. The molecule has 0 spiro atoms. The number of allylic oxidation sites excluding steroid dienone is 1. The Bertz CT molecular complexity index is 856. The van der Waals surface area contributed by atoms with Crippen molar-refractivity contribution < 1.29 is 17.9 Å². The number of carbonyl (C=O) groups excluding carboxylic acids is 1. The molecule has 1 amide bonds. The van der Waals surface area contributed by atoms with Gasteiger partial charge in [0, 0.05) is 26.2 Å². The van der Waals surface area contributed by atoms with Crippen molar-refractivity contribution >= 4 is 22.2 Å². The van der Waals surface area contributed by atoms with Gasteiger partial charge in [0.25, 0.3) is 0 Å². The Balaban J connectivity index is 1.49. The molecule has 3 rings (SSSR count). The highest BCUT2D eigenvalue weighted by Crippen LogP contribution is 2.24. The summed E-state index contributed by atoms with van der Waals surface area (Å²) in [6.45, 7) is 6.29. The molecule has 0 N–H and O–H groups in total. The minimum absolute atomic E-state index is 0.0748. The van der Waals surface area contributed by atoms with Gasteiger partial charge in [0.05, 0.1) is 12.4 Å². The van der Waals surface area contributed by atoms with Crippen molar-refractivity contribution in [2.45, 2.75) is 52.2 Å². The lowest BCUT2D eigenvalue weighted by atomic mass is 9.93. The van der Waals surface area contributed by atoms with Gasteiger partial charge in [0.2, 0.25) is 10.0 Å². The van der Waals surface area contributed by atoms with Gasteiger partial charge in [-0.2, -0.15) is 4.31 Å². The number of fused-ring (bicyclic) bond motifs is 1. The van der Waals surface area contributed by atoms with Crippen LogP contribution >= 0.6 is 0 Å². The third kappa shape index (κ3) is 6.06. The molecule has 6 nitrogen and oxygen atoms in total. The average molecular weight is 421 g/mol. The monoisotopic (exact) mass is 420 g/mol. The molecular formula is C22H32N2O4S. The quantitative estimate of drug-likeness (QED) is 0.729. The van der Waals surface area contributed by atoms with Gasteiger partial charge in [-0.1, -0.05) is 30.4 Å².